The van der Waals surface area contributed by atoms with E-state index in [9.17, 15) is 9.59 Å². The average Bonchev–Trinajstić information content (AvgIpc) is 2.62. The van der Waals surface area contributed by atoms with Gasteiger partial charge in [0.25, 0.3) is 5.91 Å². The van der Waals surface area contributed by atoms with Crippen molar-refractivity contribution in [2.24, 2.45) is 0 Å². The molecule has 0 aromatic heterocycles. The number of piperidine rings is 1. The summed E-state index contributed by atoms with van der Waals surface area (Å²) in [4.78, 5) is 30.9. The van der Waals surface area contributed by atoms with Crippen LogP contribution in [0.25, 0.3) is 0 Å². The van der Waals surface area contributed by atoms with E-state index in [1.54, 1.807) is 11.8 Å². The Morgan fingerprint density at radius 3 is 2.68 bits per heavy atom. The molecule has 3 rings (SSSR count). The number of hydrogen-bond donors (Lipinski definition) is 0. The second-order valence-corrected chi connectivity index (χ2v) is 7.01. The number of anilines is 1. The lowest BCUT2D eigenvalue weighted by atomic mass is 10.0. The first kappa shape index (κ1) is 17.7. The van der Waals surface area contributed by atoms with Crippen LogP contribution in [0.5, 0.6) is 5.75 Å². The van der Waals surface area contributed by atoms with Crippen molar-refractivity contribution in [2.45, 2.75) is 38.3 Å². The number of carbonyl (C=O) groups excluding carboxylic acids is 2. The second-order valence-electron chi connectivity index (χ2n) is 7.01. The molecule has 136 valence electrons. The summed E-state index contributed by atoms with van der Waals surface area (Å²) in [6.07, 6.45) is 1.83. The SMILES string of the molecule is CC1Oc2ccccc2N(CCC(=O)N(C)C2CCN(C)CC2)C1=O. The highest BCUT2D eigenvalue weighted by atomic mass is 16.5. The molecule has 2 heterocycles. The Bertz CT molecular complexity index is 641. The van der Waals surface area contributed by atoms with Crippen LogP contribution >= 0.6 is 0 Å². The molecule has 6 heteroatoms. The fourth-order valence-electron chi connectivity index (χ4n) is 3.56. The molecule has 0 saturated carbocycles. The van der Waals surface area contributed by atoms with Crippen LogP contribution in [0.15, 0.2) is 24.3 Å². The minimum absolute atomic E-state index is 0.0894. The summed E-state index contributed by atoms with van der Waals surface area (Å²) in [5, 5.41) is 0. The molecule has 2 amide bonds. The third-order valence-corrected chi connectivity index (χ3v) is 5.25. The van der Waals surface area contributed by atoms with E-state index in [0.29, 0.717) is 24.8 Å². The normalized spacial score (nSPS) is 21.6. The molecule has 0 radical (unpaired) electrons. The summed E-state index contributed by atoms with van der Waals surface area (Å²) < 4.78 is 5.64. The predicted octanol–water partition coefficient (Wildman–Crippen LogP) is 1.74. The molecule has 1 unspecified atom stereocenters. The van der Waals surface area contributed by atoms with Gasteiger partial charge >= 0.3 is 0 Å². The molecule has 1 atom stereocenters. The van der Waals surface area contributed by atoms with Gasteiger partial charge in [-0.05, 0) is 52.0 Å². The summed E-state index contributed by atoms with van der Waals surface area (Å²) in [6, 6.07) is 7.79. The number of likely N-dealkylation sites (tertiary alicyclic amines) is 1. The summed E-state index contributed by atoms with van der Waals surface area (Å²) in [6.45, 7) is 4.18. The first-order valence-corrected chi connectivity index (χ1v) is 8.98. The molecule has 0 N–H and O–H groups in total. The van der Waals surface area contributed by atoms with Crippen LogP contribution < -0.4 is 9.64 Å². The highest BCUT2D eigenvalue weighted by Crippen LogP contribution is 2.33. The molecule has 1 saturated heterocycles. The van der Waals surface area contributed by atoms with E-state index in [4.69, 9.17) is 4.74 Å². The first-order chi connectivity index (χ1) is 12.0. The first-order valence-electron chi connectivity index (χ1n) is 8.98. The van der Waals surface area contributed by atoms with Gasteiger partial charge in [0.05, 0.1) is 5.69 Å². The molecule has 1 aromatic carbocycles. The number of ether oxygens (including phenoxy) is 1. The van der Waals surface area contributed by atoms with Crippen molar-refractivity contribution in [3.05, 3.63) is 24.3 Å². The number of nitrogens with zero attached hydrogens (tertiary/aromatic N) is 3. The number of benzene rings is 1. The molecule has 0 bridgehead atoms. The van der Waals surface area contributed by atoms with Crippen LogP contribution in [0.1, 0.15) is 26.2 Å². The molecule has 25 heavy (non-hydrogen) atoms. The van der Waals surface area contributed by atoms with E-state index in [0.717, 1.165) is 31.6 Å². The van der Waals surface area contributed by atoms with Gasteiger partial charge in [0.1, 0.15) is 5.75 Å². The van der Waals surface area contributed by atoms with Gasteiger partial charge in [-0.15, -0.1) is 0 Å². The van der Waals surface area contributed by atoms with Gasteiger partial charge in [-0.25, -0.2) is 0 Å². The number of rotatable bonds is 4. The standard InChI is InChI=1S/C19H27N3O3/c1-14-19(24)22(16-6-4-5-7-17(16)25-14)13-10-18(23)21(3)15-8-11-20(2)12-9-15/h4-7,14-15H,8-13H2,1-3H3. The summed E-state index contributed by atoms with van der Waals surface area (Å²) in [5.74, 6) is 0.707. The monoisotopic (exact) mass is 345 g/mol. The summed E-state index contributed by atoms with van der Waals surface area (Å²) >= 11 is 0. The number of carbonyl (C=O) groups is 2. The van der Waals surface area contributed by atoms with E-state index in [2.05, 4.69) is 11.9 Å². The van der Waals surface area contributed by atoms with Gasteiger partial charge in [-0.1, -0.05) is 12.1 Å². The lowest BCUT2D eigenvalue weighted by molar-refractivity contribution is -0.132. The van der Waals surface area contributed by atoms with E-state index >= 15 is 0 Å². The third-order valence-electron chi connectivity index (χ3n) is 5.25. The third kappa shape index (κ3) is 3.79. The van der Waals surface area contributed by atoms with Crippen molar-refractivity contribution in [2.75, 3.05) is 38.6 Å². The van der Waals surface area contributed by atoms with Crippen molar-refractivity contribution in [1.29, 1.82) is 0 Å². The molecule has 2 aliphatic rings. The Morgan fingerprint density at radius 2 is 1.96 bits per heavy atom. The predicted molar refractivity (Wildman–Crippen MR) is 96.8 cm³/mol. The molecular formula is C19H27N3O3. The van der Waals surface area contributed by atoms with E-state index < -0.39 is 6.10 Å². The summed E-state index contributed by atoms with van der Waals surface area (Å²) in [5.41, 5.74) is 0.750. The van der Waals surface area contributed by atoms with Gasteiger partial charge in [0.2, 0.25) is 5.91 Å². The van der Waals surface area contributed by atoms with E-state index in [1.165, 1.54) is 0 Å². The van der Waals surface area contributed by atoms with Gasteiger partial charge in [-0.3, -0.25) is 9.59 Å². The van der Waals surface area contributed by atoms with Crippen LogP contribution in [0, 0.1) is 0 Å². The van der Waals surface area contributed by atoms with Gasteiger partial charge in [0, 0.05) is 26.1 Å². The Morgan fingerprint density at radius 1 is 1.28 bits per heavy atom. The van der Waals surface area contributed by atoms with Gasteiger partial charge in [-0.2, -0.15) is 0 Å². The molecule has 1 fully saturated rings. The minimum Gasteiger partial charge on any atom is -0.479 e. The van der Waals surface area contributed by atoms with E-state index in [1.807, 2.05) is 36.2 Å². The smallest absolute Gasteiger partial charge is 0.267 e. The molecular weight excluding hydrogens is 318 g/mol. The zero-order chi connectivity index (χ0) is 18.0. The quantitative estimate of drug-likeness (QED) is 0.834. The maximum Gasteiger partial charge on any atom is 0.267 e. The van der Waals surface area contributed by atoms with Crippen molar-refractivity contribution < 1.29 is 14.3 Å². The molecule has 0 aliphatic carbocycles. The largest absolute Gasteiger partial charge is 0.479 e. The van der Waals surface area contributed by atoms with Crippen molar-refractivity contribution in [1.82, 2.24) is 9.80 Å². The van der Waals surface area contributed by atoms with Gasteiger partial charge in [0.15, 0.2) is 6.10 Å². The lowest BCUT2D eigenvalue weighted by Crippen LogP contribution is -2.47. The zero-order valence-electron chi connectivity index (χ0n) is 15.3. The Hall–Kier alpha value is -2.08. The topological polar surface area (TPSA) is 53.1 Å². The maximum absolute atomic E-state index is 12.6. The fourth-order valence-corrected chi connectivity index (χ4v) is 3.56. The molecule has 2 aliphatic heterocycles. The Kier molecular flexibility index (Phi) is 5.27. The van der Waals surface area contributed by atoms with Crippen molar-refractivity contribution >= 4 is 17.5 Å². The Labute approximate surface area is 149 Å². The maximum atomic E-state index is 12.6. The fraction of sp³-hybridized carbons (Fsp3) is 0.579. The highest BCUT2D eigenvalue weighted by molar-refractivity contribution is 6.00. The lowest BCUT2D eigenvalue weighted by Gasteiger charge is -2.36. The van der Waals surface area contributed by atoms with Crippen LogP contribution in [0.2, 0.25) is 0 Å². The van der Waals surface area contributed by atoms with Crippen LogP contribution in [-0.2, 0) is 9.59 Å². The number of para-hydroxylation sites is 2. The van der Waals surface area contributed by atoms with Gasteiger partial charge < -0.3 is 19.4 Å². The number of hydrogen-bond acceptors (Lipinski definition) is 4. The van der Waals surface area contributed by atoms with Crippen molar-refractivity contribution in [3.8, 4) is 5.75 Å². The zero-order valence-corrected chi connectivity index (χ0v) is 15.3. The summed E-state index contributed by atoms with van der Waals surface area (Å²) in [7, 11) is 4.00. The minimum atomic E-state index is -0.517. The Balaban J connectivity index is 1.62. The highest BCUT2D eigenvalue weighted by Gasteiger charge is 2.32. The van der Waals surface area contributed by atoms with Crippen LogP contribution in [-0.4, -0.2) is 67.5 Å². The number of amides is 2. The van der Waals surface area contributed by atoms with Crippen LogP contribution in [0.4, 0.5) is 5.69 Å². The van der Waals surface area contributed by atoms with Crippen molar-refractivity contribution in [3.63, 3.8) is 0 Å². The molecule has 0 spiro atoms. The molecule has 6 nitrogen and oxygen atoms in total. The average molecular weight is 345 g/mol. The van der Waals surface area contributed by atoms with Crippen LogP contribution in [0.3, 0.4) is 0 Å². The van der Waals surface area contributed by atoms with E-state index in [-0.39, 0.29) is 11.8 Å². The second kappa shape index (κ2) is 7.44. The number of fused-ring (bicyclic) bond motifs is 1. The molecule has 1 aromatic rings.